The molecule has 2 rings (SSSR count). The molecule has 0 aromatic heterocycles. The maximum absolute atomic E-state index is 11.7. The van der Waals surface area contributed by atoms with Gasteiger partial charge in [-0.15, -0.1) is 0 Å². The molecule has 0 saturated heterocycles. The van der Waals surface area contributed by atoms with Crippen LogP contribution in [0.4, 0.5) is 0 Å². The van der Waals surface area contributed by atoms with Crippen molar-refractivity contribution < 1.29 is 24.2 Å². The normalized spacial score (nSPS) is 19.7. The van der Waals surface area contributed by atoms with E-state index in [2.05, 4.69) is 10.6 Å². The fraction of sp³-hybridized carbons (Fsp3) is 0.467. The van der Waals surface area contributed by atoms with Gasteiger partial charge in [0.25, 0.3) is 0 Å². The number of aliphatic hydroxyl groups is 1. The molecule has 1 aliphatic rings. The van der Waals surface area contributed by atoms with Crippen LogP contribution >= 0.6 is 0 Å². The Bertz CT molecular complexity index is 548. The standard InChI is InChI=1S/C15H20N2O5/c1-21-9-7-16-13(18)14(19)17-10-15(20)6-8-22-12-5-3-2-4-11(12)15/h2-5,20H,6-10H2,1H3,(H,16,18)(H,17,19). The van der Waals surface area contributed by atoms with E-state index in [9.17, 15) is 14.7 Å². The predicted molar refractivity (Wildman–Crippen MR) is 78.3 cm³/mol. The van der Waals surface area contributed by atoms with Crippen molar-refractivity contribution in [3.63, 3.8) is 0 Å². The first-order chi connectivity index (χ1) is 10.6. The van der Waals surface area contributed by atoms with Gasteiger partial charge in [-0.05, 0) is 6.07 Å². The van der Waals surface area contributed by atoms with Crippen LogP contribution in [0.3, 0.4) is 0 Å². The maximum atomic E-state index is 11.7. The van der Waals surface area contributed by atoms with E-state index in [0.29, 0.717) is 30.9 Å². The van der Waals surface area contributed by atoms with Gasteiger partial charge in [-0.2, -0.15) is 0 Å². The van der Waals surface area contributed by atoms with Gasteiger partial charge in [0.05, 0.1) is 19.8 Å². The summed E-state index contributed by atoms with van der Waals surface area (Å²) in [5, 5.41) is 15.6. The second kappa shape index (κ2) is 7.24. The van der Waals surface area contributed by atoms with E-state index in [0.717, 1.165) is 0 Å². The van der Waals surface area contributed by atoms with E-state index in [1.807, 2.05) is 6.07 Å². The van der Waals surface area contributed by atoms with Crippen molar-refractivity contribution in [3.05, 3.63) is 29.8 Å². The van der Waals surface area contributed by atoms with Gasteiger partial charge in [-0.3, -0.25) is 9.59 Å². The average molecular weight is 308 g/mol. The van der Waals surface area contributed by atoms with Crippen molar-refractivity contribution in [2.45, 2.75) is 12.0 Å². The Kier molecular flexibility index (Phi) is 5.35. The van der Waals surface area contributed by atoms with Gasteiger partial charge < -0.3 is 25.2 Å². The molecule has 7 heteroatoms. The lowest BCUT2D eigenvalue weighted by atomic mass is 9.88. The minimum absolute atomic E-state index is 0.0517. The Morgan fingerprint density at radius 2 is 2.05 bits per heavy atom. The fourth-order valence-corrected chi connectivity index (χ4v) is 2.28. The Morgan fingerprint density at radius 3 is 2.82 bits per heavy atom. The molecule has 7 nitrogen and oxygen atoms in total. The number of amides is 2. The second-order valence-electron chi connectivity index (χ2n) is 5.06. The molecular weight excluding hydrogens is 288 g/mol. The molecule has 0 bridgehead atoms. The number of hydrogen-bond donors (Lipinski definition) is 3. The molecule has 1 aromatic carbocycles. The zero-order chi connectivity index (χ0) is 16.0. The lowest BCUT2D eigenvalue weighted by molar-refractivity contribution is -0.140. The molecule has 1 atom stereocenters. The summed E-state index contributed by atoms with van der Waals surface area (Å²) in [6.07, 6.45) is 0.343. The summed E-state index contributed by atoms with van der Waals surface area (Å²) in [6, 6.07) is 7.11. The number of carbonyl (C=O) groups excluding carboxylic acids is 2. The van der Waals surface area contributed by atoms with Crippen LogP contribution in [0.15, 0.2) is 24.3 Å². The summed E-state index contributed by atoms with van der Waals surface area (Å²) in [5.41, 5.74) is -0.626. The minimum Gasteiger partial charge on any atom is -0.493 e. The summed E-state index contributed by atoms with van der Waals surface area (Å²) in [6.45, 7) is 0.880. The molecule has 1 aromatic rings. The Hall–Kier alpha value is -2.12. The molecule has 0 aliphatic carbocycles. The van der Waals surface area contributed by atoms with E-state index in [1.54, 1.807) is 18.2 Å². The molecule has 2 amide bonds. The molecular formula is C15H20N2O5. The monoisotopic (exact) mass is 308 g/mol. The number of ether oxygens (including phenoxy) is 2. The topological polar surface area (TPSA) is 96.9 Å². The molecule has 120 valence electrons. The quantitative estimate of drug-likeness (QED) is 0.505. The number of nitrogens with one attached hydrogen (secondary N) is 2. The Morgan fingerprint density at radius 1 is 1.32 bits per heavy atom. The number of rotatable bonds is 5. The van der Waals surface area contributed by atoms with Gasteiger partial charge in [0.1, 0.15) is 11.4 Å². The van der Waals surface area contributed by atoms with Gasteiger partial charge >= 0.3 is 11.8 Å². The third-order valence-electron chi connectivity index (χ3n) is 3.50. The highest BCUT2D eigenvalue weighted by Gasteiger charge is 2.36. The summed E-state index contributed by atoms with van der Waals surface area (Å²) in [4.78, 5) is 23.3. The van der Waals surface area contributed by atoms with Crippen molar-refractivity contribution in [1.29, 1.82) is 0 Å². The Balaban J connectivity index is 1.94. The smallest absolute Gasteiger partial charge is 0.309 e. The summed E-state index contributed by atoms with van der Waals surface area (Å²) in [7, 11) is 1.50. The predicted octanol–water partition coefficient (Wildman–Crippen LogP) is -0.464. The van der Waals surface area contributed by atoms with Gasteiger partial charge in [0.15, 0.2) is 0 Å². The summed E-state index contributed by atoms with van der Waals surface area (Å²) < 4.78 is 10.3. The number of carbonyl (C=O) groups is 2. The highest BCUT2D eigenvalue weighted by atomic mass is 16.5. The van der Waals surface area contributed by atoms with Crippen LogP contribution in [0.25, 0.3) is 0 Å². The van der Waals surface area contributed by atoms with Gasteiger partial charge in [-0.25, -0.2) is 0 Å². The third-order valence-corrected chi connectivity index (χ3v) is 3.50. The van der Waals surface area contributed by atoms with E-state index >= 15 is 0 Å². The number of benzene rings is 1. The maximum Gasteiger partial charge on any atom is 0.309 e. The molecule has 3 N–H and O–H groups in total. The second-order valence-corrected chi connectivity index (χ2v) is 5.06. The summed E-state index contributed by atoms with van der Waals surface area (Å²) >= 11 is 0. The van der Waals surface area contributed by atoms with Crippen molar-refractivity contribution in [3.8, 4) is 5.75 Å². The average Bonchev–Trinajstić information content (AvgIpc) is 2.53. The van der Waals surface area contributed by atoms with Crippen molar-refractivity contribution in [2.24, 2.45) is 0 Å². The van der Waals surface area contributed by atoms with Crippen molar-refractivity contribution in [2.75, 3.05) is 33.4 Å². The molecule has 0 saturated carbocycles. The van der Waals surface area contributed by atoms with Crippen molar-refractivity contribution >= 4 is 11.8 Å². The van der Waals surface area contributed by atoms with Crippen LogP contribution in [-0.4, -0.2) is 50.3 Å². The minimum atomic E-state index is -1.24. The zero-order valence-electron chi connectivity index (χ0n) is 12.4. The number of methoxy groups -OCH3 is 1. The van der Waals surface area contributed by atoms with E-state index in [1.165, 1.54) is 7.11 Å². The molecule has 22 heavy (non-hydrogen) atoms. The first-order valence-electron chi connectivity index (χ1n) is 7.06. The molecule has 1 unspecified atom stereocenters. The summed E-state index contributed by atoms with van der Waals surface area (Å²) in [5.74, 6) is -0.940. The van der Waals surface area contributed by atoms with Crippen LogP contribution in [0.2, 0.25) is 0 Å². The lowest BCUT2D eigenvalue weighted by Crippen LogP contribution is -2.48. The SMILES string of the molecule is COCCNC(=O)C(=O)NCC1(O)CCOc2ccccc21. The van der Waals surface area contributed by atoms with Gasteiger partial charge in [0, 0.05) is 25.6 Å². The molecule has 0 radical (unpaired) electrons. The molecule has 1 heterocycles. The molecule has 1 aliphatic heterocycles. The number of fused-ring (bicyclic) bond motifs is 1. The zero-order valence-corrected chi connectivity index (χ0v) is 12.4. The van der Waals surface area contributed by atoms with Crippen LogP contribution in [0.1, 0.15) is 12.0 Å². The number of para-hydroxylation sites is 1. The lowest BCUT2D eigenvalue weighted by Gasteiger charge is -2.34. The largest absolute Gasteiger partial charge is 0.493 e. The van der Waals surface area contributed by atoms with Crippen LogP contribution < -0.4 is 15.4 Å². The van der Waals surface area contributed by atoms with Gasteiger partial charge in [-0.1, -0.05) is 18.2 Å². The molecule has 0 spiro atoms. The Labute approximate surface area is 128 Å². The first-order valence-corrected chi connectivity index (χ1v) is 7.06. The molecule has 0 fully saturated rings. The van der Waals surface area contributed by atoms with Crippen LogP contribution in [-0.2, 0) is 19.9 Å². The number of hydrogen-bond acceptors (Lipinski definition) is 5. The van der Waals surface area contributed by atoms with Crippen molar-refractivity contribution in [1.82, 2.24) is 10.6 Å². The van der Waals surface area contributed by atoms with E-state index in [4.69, 9.17) is 9.47 Å². The third kappa shape index (κ3) is 3.75. The van der Waals surface area contributed by atoms with Crippen LogP contribution in [0, 0.1) is 0 Å². The first kappa shape index (κ1) is 16.3. The van der Waals surface area contributed by atoms with E-state index < -0.39 is 17.4 Å². The highest BCUT2D eigenvalue weighted by Crippen LogP contribution is 2.36. The van der Waals surface area contributed by atoms with Gasteiger partial charge in [0.2, 0.25) is 0 Å². The highest BCUT2D eigenvalue weighted by molar-refractivity contribution is 6.35. The van der Waals surface area contributed by atoms with E-state index in [-0.39, 0.29) is 13.1 Å². The fourth-order valence-electron chi connectivity index (χ4n) is 2.28. The van der Waals surface area contributed by atoms with Crippen LogP contribution in [0.5, 0.6) is 5.75 Å².